The molecule has 0 bridgehead atoms. The van der Waals surface area contributed by atoms with E-state index in [0.29, 0.717) is 35.6 Å². The predicted octanol–water partition coefficient (Wildman–Crippen LogP) is 4.45. The molecule has 2 heterocycles. The van der Waals surface area contributed by atoms with E-state index in [2.05, 4.69) is 41.2 Å². The largest absolute Gasteiger partial charge is 0.494 e. The van der Waals surface area contributed by atoms with Crippen molar-refractivity contribution in [3.8, 4) is 5.75 Å². The second-order valence-electron chi connectivity index (χ2n) is 9.63. The van der Waals surface area contributed by atoms with Crippen molar-refractivity contribution < 1.29 is 9.13 Å². The van der Waals surface area contributed by atoms with Gasteiger partial charge in [0, 0.05) is 37.9 Å². The van der Waals surface area contributed by atoms with Crippen molar-refractivity contribution in [2.24, 2.45) is 0 Å². The molecular formula is C25H38FN7O. The van der Waals surface area contributed by atoms with Crippen molar-refractivity contribution in [2.45, 2.75) is 63.5 Å². The summed E-state index contributed by atoms with van der Waals surface area (Å²) in [6.07, 6.45) is 9.49. The molecule has 186 valence electrons. The molecule has 8 nitrogen and oxygen atoms in total. The summed E-state index contributed by atoms with van der Waals surface area (Å²) >= 11 is 0. The summed E-state index contributed by atoms with van der Waals surface area (Å²) in [7, 11) is 7.77. The van der Waals surface area contributed by atoms with Crippen LogP contribution >= 0.6 is 0 Å². The van der Waals surface area contributed by atoms with Crippen LogP contribution in [0.15, 0.2) is 18.2 Å². The maximum atomic E-state index is 14.3. The number of methoxy groups -OCH3 is 1. The average molecular weight is 472 g/mol. The normalized spacial score (nSPS) is 18.4. The number of nitrogens with one attached hydrogen (secondary N) is 1. The molecule has 1 aliphatic carbocycles. The Balaban J connectivity index is 1.63. The number of ether oxygens (including phenoxy) is 1. The van der Waals surface area contributed by atoms with Gasteiger partial charge in [0.15, 0.2) is 11.6 Å². The van der Waals surface area contributed by atoms with Gasteiger partial charge in [-0.3, -0.25) is 0 Å². The highest BCUT2D eigenvalue weighted by molar-refractivity contribution is 5.57. The first-order chi connectivity index (χ1) is 16.4. The summed E-state index contributed by atoms with van der Waals surface area (Å²) < 4.78 is 19.3. The predicted molar refractivity (Wildman–Crippen MR) is 135 cm³/mol. The molecule has 1 aromatic heterocycles. The van der Waals surface area contributed by atoms with Crippen molar-refractivity contribution in [3.63, 3.8) is 0 Å². The monoisotopic (exact) mass is 471 g/mol. The highest BCUT2D eigenvalue weighted by atomic mass is 19.1. The number of rotatable bonds is 7. The molecule has 0 amide bonds. The zero-order valence-corrected chi connectivity index (χ0v) is 20.9. The first-order valence-corrected chi connectivity index (χ1v) is 12.5. The highest BCUT2D eigenvalue weighted by Crippen LogP contribution is 2.28. The number of hydrogen-bond donors (Lipinski definition) is 1. The van der Waals surface area contributed by atoms with Crippen molar-refractivity contribution in [1.82, 2.24) is 19.9 Å². The Morgan fingerprint density at radius 3 is 2.06 bits per heavy atom. The lowest BCUT2D eigenvalue weighted by atomic mass is 10.0. The number of benzene rings is 1. The van der Waals surface area contributed by atoms with Crippen LogP contribution in [0.25, 0.3) is 0 Å². The van der Waals surface area contributed by atoms with Gasteiger partial charge in [-0.15, -0.1) is 0 Å². The molecule has 1 saturated carbocycles. The fourth-order valence-electron chi connectivity index (χ4n) is 4.95. The lowest BCUT2D eigenvalue weighted by molar-refractivity contribution is 0.252. The Morgan fingerprint density at radius 1 is 0.912 bits per heavy atom. The van der Waals surface area contributed by atoms with Gasteiger partial charge in [-0.25, -0.2) is 4.39 Å². The summed E-state index contributed by atoms with van der Waals surface area (Å²) in [5, 5.41) is 3.19. The number of halogens is 1. The standard InChI is InChI=1S/C25H38FN7O/c1-31-15-13-20(14-16-31)33(3)25-29-23(27-18-11-12-22(34-4)21(26)17-18)28-24(30-25)32(2)19-9-7-5-6-8-10-19/h11-12,17,19-20H,5-10,13-16H2,1-4H3,(H,27,28,29,30). The molecule has 0 spiro atoms. The van der Waals surface area contributed by atoms with Gasteiger partial charge in [0.25, 0.3) is 0 Å². The van der Waals surface area contributed by atoms with Crippen molar-refractivity contribution in [1.29, 1.82) is 0 Å². The quantitative estimate of drug-likeness (QED) is 0.594. The van der Waals surface area contributed by atoms with E-state index in [1.807, 2.05) is 0 Å². The SMILES string of the molecule is COc1ccc(Nc2nc(N(C)C3CCCCCC3)nc(N(C)C3CCN(C)CC3)n2)cc1F. The smallest absolute Gasteiger partial charge is 0.233 e. The van der Waals surface area contributed by atoms with E-state index in [1.165, 1.54) is 38.9 Å². The molecule has 34 heavy (non-hydrogen) atoms. The van der Waals surface area contributed by atoms with Crippen LogP contribution in [0.3, 0.4) is 0 Å². The molecule has 0 unspecified atom stereocenters. The minimum atomic E-state index is -0.430. The van der Waals surface area contributed by atoms with Gasteiger partial charge in [-0.05, 0) is 58.0 Å². The molecule has 9 heteroatoms. The fraction of sp³-hybridized carbons (Fsp3) is 0.640. The number of likely N-dealkylation sites (tertiary alicyclic amines) is 1. The Labute approximate surface area is 202 Å². The lowest BCUT2D eigenvalue weighted by Gasteiger charge is -2.35. The van der Waals surface area contributed by atoms with Crippen LogP contribution < -0.4 is 19.9 Å². The highest BCUT2D eigenvalue weighted by Gasteiger charge is 2.25. The first-order valence-electron chi connectivity index (χ1n) is 12.5. The molecule has 0 radical (unpaired) electrons. The summed E-state index contributed by atoms with van der Waals surface area (Å²) in [5.74, 6) is 1.51. The van der Waals surface area contributed by atoms with E-state index < -0.39 is 5.82 Å². The van der Waals surface area contributed by atoms with Crippen LogP contribution in [0.2, 0.25) is 0 Å². The molecule has 1 N–H and O–H groups in total. The van der Waals surface area contributed by atoms with E-state index in [-0.39, 0.29) is 5.75 Å². The Bertz CT molecular complexity index is 943. The van der Waals surface area contributed by atoms with Gasteiger partial charge < -0.3 is 24.8 Å². The maximum Gasteiger partial charge on any atom is 0.233 e. The molecule has 1 saturated heterocycles. The molecule has 2 aliphatic rings. The van der Waals surface area contributed by atoms with Crippen LogP contribution in [0, 0.1) is 5.82 Å². The summed E-state index contributed by atoms with van der Waals surface area (Å²) in [4.78, 5) is 21.1. The van der Waals surface area contributed by atoms with Crippen LogP contribution in [0.4, 0.5) is 27.9 Å². The second-order valence-corrected chi connectivity index (χ2v) is 9.63. The average Bonchev–Trinajstić information content (AvgIpc) is 3.13. The number of nitrogens with zero attached hydrogens (tertiary/aromatic N) is 6. The van der Waals surface area contributed by atoms with E-state index in [0.717, 1.165) is 38.8 Å². The Morgan fingerprint density at radius 2 is 1.50 bits per heavy atom. The van der Waals surface area contributed by atoms with E-state index in [4.69, 9.17) is 19.7 Å². The van der Waals surface area contributed by atoms with Crippen LogP contribution in [0.1, 0.15) is 51.4 Å². The van der Waals surface area contributed by atoms with Gasteiger partial charge in [0.2, 0.25) is 17.8 Å². The number of aromatic nitrogens is 3. The molecule has 4 rings (SSSR count). The minimum absolute atomic E-state index is 0.206. The zero-order valence-electron chi connectivity index (χ0n) is 20.9. The third-order valence-corrected chi connectivity index (χ3v) is 7.26. The maximum absolute atomic E-state index is 14.3. The van der Waals surface area contributed by atoms with Crippen molar-refractivity contribution >= 4 is 23.5 Å². The molecular weight excluding hydrogens is 433 g/mol. The van der Waals surface area contributed by atoms with Gasteiger partial charge in [-0.1, -0.05) is 25.7 Å². The molecule has 0 atom stereocenters. The Hall–Kier alpha value is -2.68. The first kappa shape index (κ1) is 24.4. The minimum Gasteiger partial charge on any atom is -0.494 e. The lowest BCUT2D eigenvalue weighted by Crippen LogP contribution is -2.43. The number of piperidine rings is 1. The van der Waals surface area contributed by atoms with Crippen LogP contribution in [-0.2, 0) is 0 Å². The van der Waals surface area contributed by atoms with E-state index >= 15 is 0 Å². The van der Waals surface area contributed by atoms with Crippen LogP contribution in [0.5, 0.6) is 5.75 Å². The summed E-state index contributed by atoms with van der Waals surface area (Å²) in [5.41, 5.74) is 0.570. The Kier molecular flexibility index (Phi) is 8.03. The van der Waals surface area contributed by atoms with E-state index in [1.54, 1.807) is 12.1 Å². The van der Waals surface area contributed by atoms with E-state index in [9.17, 15) is 4.39 Å². The second kappa shape index (κ2) is 11.2. The van der Waals surface area contributed by atoms with Gasteiger partial charge >= 0.3 is 0 Å². The van der Waals surface area contributed by atoms with Gasteiger partial charge in [0.1, 0.15) is 0 Å². The fourth-order valence-corrected chi connectivity index (χ4v) is 4.95. The third kappa shape index (κ3) is 5.87. The topological polar surface area (TPSA) is 69.7 Å². The third-order valence-electron chi connectivity index (χ3n) is 7.26. The van der Waals surface area contributed by atoms with Crippen LogP contribution in [-0.4, -0.2) is 73.3 Å². The molecule has 1 aliphatic heterocycles. The van der Waals surface area contributed by atoms with Gasteiger partial charge in [-0.2, -0.15) is 15.0 Å². The van der Waals surface area contributed by atoms with Gasteiger partial charge in [0.05, 0.1) is 7.11 Å². The number of hydrogen-bond acceptors (Lipinski definition) is 8. The zero-order chi connectivity index (χ0) is 24.1. The molecule has 2 fully saturated rings. The van der Waals surface area contributed by atoms with Crippen molar-refractivity contribution in [2.75, 3.05) is 56.5 Å². The summed E-state index contributed by atoms with van der Waals surface area (Å²) in [6.45, 7) is 2.12. The van der Waals surface area contributed by atoms with Crippen molar-refractivity contribution in [3.05, 3.63) is 24.0 Å². The molecule has 1 aromatic carbocycles. The number of anilines is 4. The molecule has 2 aromatic rings. The summed E-state index contributed by atoms with van der Waals surface area (Å²) in [6, 6.07) is 5.56.